The van der Waals surface area contributed by atoms with Crippen LogP contribution in [-0.2, 0) is 11.2 Å². The van der Waals surface area contributed by atoms with Gasteiger partial charge in [-0.05, 0) is 36.5 Å². The van der Waals surface area contributed by atoms with Crippen LogP contribution in [0.3, 0.4) is 0 Å². The summed E-state index contributed by atoms with van der Waals surface area (Å²) in [5, 5.41) is 9.01. The molecule has 1 atom stereocenters. The van der Waals surface area contributed by atoms with E-state index in [-0.39, 0.29) is 0 Å². The summed E-state index contributed by atoms with van der Waals surface area (Å²) in [5.74, 6) is 0.343. The average Bonchev–Trinajstić information content (AvgIpc) is 2.30. The minimum Gasteiger partial charge on any atom is -0.479 e. The third-order valence-electron chi connectivity index (χ3n) is 2.67. The standard InChI is InChI=1S/C15H22O3/c1-4-5-14(15(16)17)18-13-8-6-12(7-9-13)10-11(2)3/h6-9,11,14H,4-5,10H2,1-3H3,(H,16,17). The number of carbonyl (C=O) groups is 1. The smallest absolute Gasteiger partial charge is 0.344 e. The molecule has 3 heteroatoms. The van der Waals surface area contributed by atoms with E-state index in [9.17, 15) is 4.79 Å². The highest BCUT2D eigenvalue weighted by atomic mass is 16.5. The van der Waals surface area contributed by atoms with Crippen molar-refractivity contribution in [2.45, 2.75) is 46.1 Å². The Morgan fingerprint density at radius 3 is 2.33 bits per heavy atom. The van der Waals surface area contributed by atoms with Crippen molar-refractivity contribution in [3.8, 4) is 5.75 Å². The predicted molar refractivity (Wildman–Crippen MR) is 71.9 cm³/mol. The summed E-state index contributed by atoms with van der Waals surface area (Å²) >= 11 is 0. The number of rotatable bonds is 7. The first kappa shape index (κ1) is 14.6. The van der Waals surface area contributed by atoms with Crippen LogP contribution in [0.4, 0.5) is 0 Å². The van der Waals surface area contributed by atoms with E-state index in [4.69, 9.17) is 9.84 Å². The molecule has 0 bridgehead atoms. The second-order valence-corrected chi connectivity index (χ2v) is 4.98. The molecular weight excluding hydrogens is 228 g/mol. The lowest BCUT2D eigenvalue weighted by molar-refractivity contribution is -0.145. The zero-order valence-electron chi connectivity index (χ0n) is 11.3. The van der Waals surface area contributed by atoms with Gasteiger partial charge < -0.3 is 9.84 Å². The molecule has 0 radical (unpaired) electrons. The third-order valence-corrected chi connectivity index (χ3v) is 2.67. The van der Waals surface area contributed by atoms with Crippen molar-refractivity contribution in [1.82, 2.24) is 0 Å². The van der Waals surface area contributed by atoms with Gasteiger partial charge in [0, 0.05) is 0 Å². The highest BCUT2D eigenvalue weighted by Gasteiger charge is 2.17. The molecule has 0 heterocycles. The topological polar surface area (TPSA) is 46.5 Å². The Balaban J connectivity index is 2.64. The lowest BCUT2D eigenvalue weighted by Crippen LogP contribution is -2.26. The van der Waals surface area contributed by atoms with Crippen LogP contribution >= 0.6 is 0 Å². The van der Waals surface area contributed by atoms with E-state index < -0.39 is 12.1 Å². The van der Waals surface area contributed by atoms with Crippen molar-refractivity contribution >= 4 is 5.97 Å². The molecule has 0 saturated heterocycles. The van der Waals surface area contributed by atoms with Crippen molar-refractivity contribution in [1.29, 1.82) is 0 Å². The number of ether oxygens (including phenoxy) is 1. The first-order valence-corrected chi connectivity index (χ1v) is 6.51. The second-order valence-electron chi connectivity index (χ2n) is 4.98. The van der Waals surface area contributed by atoms with Gasteiger partial charge in [0.2, 0.25) is 0 Å². The molecule has 100 valence electrons. The summed E-state index contributed by atoms with van der Waals surface area (Å²) in [4.78, 5) is 11.0. The Morgan fingerprint density at radius 2 is 1.89 bits per heavy atom. The van der Waals surface area contributed by atoms with Gasteiger partial charge in [-0.3, -0.25) is 0 Å². The van der Waals surface area contributed by atoms with Crippen molar-refractivity contribution in [2.24, 2.45) is 5.92 Å². The summed E-state index contributed by atoms with van der Waals surface area (Å²) < 4.78 is 5.48. The van der Waals surface area contributed by atoms with E-state index in [1.165, 1.54) is 5.56 Å². The molecular formula is C15H22O3. The van der Waals surface area contributed by atoms with Crippen LogP contribution in [0.15, 0.2) is 24.3 Å². The van der Waals surface area contributed by atoms with Gasteiger partial charge in [0.25, 0.3) is 0 Å². The van der Waals surface area contributed by atoms with Crippen LogP contribution < -0.4 is 4.74 Å². The molecule has 1 rings (SSSR count). The Kier molecular flexibility index (Phi) is 5.69. The number of hydrogen-bond donors (Lipinski definition) is 1. The SMILES string of the molecule is CCCC(Oc1ccc(CC(C)C)cc1)C(=O)O. The first-order valence-electron chi connectivity index (χ1n) is 6.51. The average molecular weight is 250 g/mol. The van der Waals surface area contributed by atoms with Crippen molar-refractivity contribution in [3.05, 3.63) is 29.8 Å². The van der Waals surface area contributed by atoms with E-state index in [1.54, 1.807) is 0 Å². The van der Waals surface area contributed by atoms with Gasteiger partial charge in [0.05, 0.1) is 0 Å². The summed E-state index contributed by atoms with van der Waals surface area (Å²) in [6.07, 6.45) is 1.61. The van der Waals surface area contributed by atoms with Crippen molar-refractivity contribution in [3.63, 3.8) is 0 Å². The summed E-state index contributed by atoms with van der Waals surface area (Å²) in [7, 11) is 0. The van der Waals surface area contributed by atoms with Crippen LogP contribution in [0.2, 0.25) is 0 Å². The highest BCUT2D eigenvalue weighted by molar-refractivity contribution is 5.72. The maximum atomic E-state index is 11.0. The van der Waals surface area contributed by atoms with Crippen molar-refractivity contribution < 1.29 is 14.6 Å². The van der Waals surface area contributed by atoms with Crippen LogP contribution in [0.5, 0.6) is 5.75 Å². The highest BCUT2D eigenvalue weighted by Crippen LogP contribution is 2.17. The maximum Gasteiger partial charge on any atom is 0.344 e. The zero-order chi connectivity index (χ0) is 13.5. The Bertz CT molecular complexity index is 368. The molecule has 0 aliphatic rings. The van der Waals surface area contributed by atoms with E-state index >= 15 is 0 Å². The fourth-order valence-electron chi connectivity index (χ4n) is 1.83. The molecule has 1 aromatic carbocycles. The van der Waals surface area contributed by atoms with Crippen LogP contribution in [-0.4, -0.2) is 17.2 Å². The lowest BCUT2D eigenvalue weighted by atomic mass is 10.0. The molecule has 1 N–H and O–H groups in total. The summed E-state index contributed by atoms with van der Waals surface area (Å²) in [6.45, 7) is 6.29. The Morgan fingerprint density at radius 1 is 1.28 bits per heavy atom. The molecule has 0 saturated carbocycles. The third kappa shape index (κ3) is 4.78. The molecule has 0 aliphatic carbocycles. The summed E-state index contributed by atoms with van der Waals surface area (Å²) in [5.41, 5.74) is 1.25. The largest absolute Gasteiger partial charge is 0.479 e. The molecule has 0 aliphatic heterocycles. The number of benzene rings is 1. The Hall–Kier alpha value is -1.51. The fraction of sp³-hybridized carbons (Fsp3) is 0.533. The number of hydrogen-bond acceptors (Lipinski definition) is 2. The molecule has 0 spiro atoms. The minimum absolute atomic E-state index is 0.531. The molecule has 0 fully saturated rings. The quantitative estimate of drug-likeness (QED) is 0.805. The molecule has 3 nitrogen and oxygen atoms in total. The van der Waals surface area contributed by atoms with Gasteiger partial charge in [-0.2, -0.15) is 0 Å². The van der Waals surface area contributed by atoms with Crippen LogP contribution in [0.1, 0.15) is 39.2 Å². The van der Waals surface area contributed by atoms with Gasteiger partial charge in [-0.15, -0.1) is 0 Å². The molecule has 18 heavy (non-hydrogen) atoms. The van der Waals surface area contributed by atoms with Crippen molar-refractivity contribution in [2.75, 3.05) is 0 Å². The van der Waals surface area contributed by atoms with Gasteiger partial charge >= 0.3 is 5.97 Å². The second kappa shape index (κ2) is 7.04. The molecule has 0 amide bonds. The van der Waals surface area contributed by atoms with E-state index in [1.807, 2.05) is 31.2 Å². The number of carboxylic acids is 1. The number of carboxylic acid groups (broad SMARTS) is 1. The molecule has 1 unspecified atom stereocenters. The van der Waals surface area contributed by atoms with E-state index in [2.05, 4.69) is 13.8 Å². The number of aliphatic carboxylic acids is 1. The Labute approximate surface area is 109 Å². The van der Waals surface area contributed by atoms with E-state index in [0.717, 1.165) is 12.8 Å². The van der Waals surface area contributed by atoms with Crippen LogP contribution in [0.25, 0.3) is 0 Å². The lowest BCUT2D eigenvalue weighted by Gasteiger charge is -2.14. The minimum atomic E-state index is -0.900. The van der Waals surface area contributed by atoms with Gasteiger partial charge in [-0.1, -0.05) is 39.3 Å². The summed E-state index contributed by atoms with van der Waals surface area (Å²) in [6, 6.07) is 7.70. The van der Waals surface area contributed by atoms with Crippen LogP contribution in [0, 0.1) is 5.92 Å². The normalized spacial score (nSPS) is 12.4. The predicted octanol–water partition coefficient (Wildman–Crippen LogP) is 3.52. The first-order chi connectivity index (χ1) is 8.52. The van der Waals surface area contributed by atoms with E-state index in [0.29, 0.717) is 18.1 Å². The van der Waals surface area contributed by atoms with Gasteiger partial charge in [0.1, 0.15) is 5.75 Å². The molecule has 0 aromatic heterocycles. The fourth-order valence-corrected chi connectivity index (χ4v) is 1.83. The van der Waals surface area contributed by atoms with Gasteiger partial charge in [-0.25, -0.2) is 4.79 Å². The molecule has 1 aromatic rings. The maximum absolute atomic E-state index is 11.0. The van der Waals surface area contributed by atoms with Gasteiger partial charge in [0.15, 0.2) is 6.10 Å². The monoisotopic (exact) mass is 250 g/mol. The zero-order valence-corrected chi connectivity index (χ0v) is 11.3.